The lowest BCUT2D eigenvalue weighted by Gasteiger charge is -2.09. The molecule has 1 atom stereocenters. The normalized spacial score (nSPS) is 12.3. The fourth-order valence-corrected chi connectivity index (χ4v) is 2.62. The number of aromatic nitrogens is 2. The molecule has 108 valence electrons. The highest BCUT2D eigenvalue weighted by Crippen LogP contribution is 2.15. The molecule has 2 N–H and O–H groups in total. The van der Waals surface area contributed by atoms with Gasteiger partial charge in [-0.2, -0.15) is 0 Å². The van der Waals surface area contributed by atoms with Gasteiger partial charge in [-0.15, -0.1) is 11.3 Å². The minimum atomic E-state index is 0.184. The Balaban J connectivity index is 1.80. The van der Waals surface area contributed by atoms with Crippen LogP contribution >= 0.6 is 11.3 Å². The van der Waals surface area contributed by atoms with Crippen molar-refractivity contribution in [3.63, 3.8) is 0 Å². The predicted octanol–water partition coefficient (Wildman–Crippen LogP) is 2.75. The van der Waals surface area contributed by atoms with Crippen LogP contribution in [0.4, 0.5) is 0 Å². The van der Waals surface area contributed by atoms with Gasteiger partial charge in [-0.1, -0.05) is 6.92 Å². The zero-order valence-corrected chi connectivity index (χ0v) is 12.8. The average Bonchev–Trinajstić information content (AvgIpc) is 2.86. The Morgan fingerprint density at radius 1 is 1.35 bits per heavy atom. The van der Waals surface area contributed by atoms with Gasteiger partial charge in [0.05, 0.1) is 24.0 Å². The second kappa shape index (κ2) is 7.36. The topological polar surface area (TPSA) is 61.0 Å². The smallest absolute Gasteiger partial charge is 0.137 e. The molecule has 0 fully saturated rings. The summed E-state index contributed by atoms with van der Waals surface area (Å²) >= 11 is 1.68. The van der Waals surface area contributed by atoms with Crippen LogP contribution in [0.3, 0.4) is 0 Å². The molecule has 0 saturated heterocycles. The van der Waals surface area contributed by atoms with E-state index in [9.17, 15) is 0 Å². The Labute approximate surface area is 124 Å². The molecule has 5 heteroatoms. The van der Waals surface area contributed by atoms with Gasteiger partial charge in [-0.3, -0.25) is 4.98 Å². The summed E-state index contributed by atoms with van der Waals surface area (Å²) in [5, 5.41) is 0. The molecule has 2 aromatic heterocycles. The highest BCUT2D eigenvalue weighted by molar-refractivity contribution is 7.09. The van der Waals surface area contributed by atoms with E-state index in [1.54, 1.807) is 17.5 Å². The van der Waals surface area contributed by atoms with Gasteiger partial charge in [0.25, 0.3) is 0 Å². The Hall–Kier alpha value is -1.46. The van der Waals surface area contributed by atoms with Crippen LogP contribution in [0.1, 0.15) is 29.6 Å². The van der Waals surface area contributed by atoms with E-state index in [4.69, 9.17) is 10.5 Å². The van der Waals surface area contributed by atoms with Crippen LogP contribution in [0.15, 0.2) is 23.8 Å². The second-order valence-corrected chi connectivity index (χ2v) is 5.76. The van der Waals surface area contributed by atoms with E-state index in [0.717, 1.165) is 36.4 Å². The van der Waals surface area contributed by atoms with Crippen molar-refractivity contribution in [2.45, 2.75) is 39.2 Å². The van der Waals surface area contributed by atoms with Crippen LogP contribution in [0.5, 0.6) is 5.75 Å². The summed E-state index contributed by atoms with van der Waals surface area (Å²) in [5.74, 6) is 0.806. The highest BCUT2D eigenvalue weighted by Gasteiger charge is 2.04. The molecule has 0 spiro atoms. The maximum absolute atomic E-state index is 5.92. The zero-order valence-electron chi connectivity index (χ0n) is 12.0. The SMILES string of the molecule is CCC(N)Cc1ccc(OCCc2scnc2C)cn1. The summed E-state index contributed by atoms with van der Waals surface area (Å²) in [4.78, 5) is 9.89. The lowest BCUT2D eigenvalue weighted by atomic mass is 10.1. The first kappa shape index (κ1) is 14.9. The standard InChI is InChI=1S/C15H21N3OS/c1-3-12(16)8-13-4-5-14(9-17-13)19-7-6-15-11(2)18-10-20-15/h4-5,9-10,12H,3,6-8,16H2,1-2H3. The second-order valence-electron chi connectivity index (χ2n) is 4.82. The number of hydrogen-bond donors (Lipinski definition) is 1. The minimum Gasteiger partial charge on any atom is -0.492 e. The Bertz CT molecular complexity index is 524. The van der Waals surface area contributed by atoms with Crippen molar-refractivity contribution < 1.29 is 4.74 Å². The molecule has 1 unspecified atom stereocenters. The molecule has 0 aliphatic carbocycles. The molecule has 0 saturated carbocycles. The molecule has 0 aliphatic rings. The monoisotopic (exact) mass is 291 g/mol. The molecule has 2 heterocycles. The molecular weight excluding hydrogens is 270 g/mol. The summed E-state index contributed by atoms with van der Waals surface area (Å²) in [5.41, 5.74) is 9.90. The van der Waals surface area contributed by atoms with Crippen LogP contribution in [-0.4, -0.2) is 22.6 Å². The molecular formula is C15H21N3OS. The lowest BCUT2D eigenvalue weighted by Crippen LogP contribution is -2.21. The maximum Gasteiger partial charge on any atom is 0.137 e. The fourth-order valence-electron chi connectivity index (χ4n) is 1.86. The number of thiazole rings is 1. The van der Waals surface area contributed by atoms with Crippen LogP contribution in [-0.2, 0) is 12.8 Å². The molecule has 0 amide bonds. The predicted molar refractivity (Wildman–Crippen MR) is 82.3 cm³/mol. The number of hydrogen-bond acceptors (Lipinski definition) is 5. The number of pyridine rings is 1. The Morgan fingerprint density at radius 2 is 2.20 bits per heavy atom. The van der Waals surface area contributed by atoms with E-state index in [-0.39, 0.29) is 6.04 Å². The van der Waals surface area contributed by atoms with Crippen molar-refractivity contribution in [1.82, 2.24) is 9.97 Å². The molecule has 2 aromatic rings. The maximum atomic E-state index is 5.92. The van der Waals surface area contributed by atoms with Crippen molar-refractivity contribution in [2.75, 3.05) is 6.61 Å². The molecule has 20 heavy (non-hydrogen) atoms. The number of nitrogens with zero attached hydrogens (tertiary/aromatic N) is 2. The van der Waals surface area contributed by atoms with Crippen molar-refractivity contribution in [3.8, 4) is 5.75 Å². The minimum absolute atomic E-state index is 0.184. The number of nitrogens with two attached hydrogens (primary N) is 1. The van der Waals surface area contributed by atoms with Gasteiger partial charge in [-0.25, -0.2) is 4.98 Å². The first-order valence-corrected chi connectivity index (χ1v) is 7.79. The summed E-state index contributed by atoms with van der Waals surface area (Å²) in [7, 11) is 0. The van der Waals surface area contributed by atoms with E-state index >= 15 is 0 Å². The first-order chi connectivity index (χ1) is 9.69. The average molecular weight is 291 g/mol. The quantitative estimate of drug-likeness (QED) is 0.852. The number of ether oxygens (including phenoxy) is 1. The van der Waals surface area contributed by atoms with Crippen molar-refractivity contribution in [3.05, 3.63) is 40.1 Å². The highest BCUT2D eigenvalue weighted by atomic mass is 32.1. The summed E-state index contributed by atoms with van der Waals surface area (Å²) in [6.07, 6.45) is 4.45. The largest absolute Gasteiger partial charge is 0.492 e. The van der Waals surface area contributed by atoms with Gasteiger partial charge < -0.3 is 10.5 Å². The van der Waals surface area contributed by atoms with E-state index in [1.807, 2.05) is 24.6 Å². The van der Waals surface area contributed by atoms with Gasteiger partial charge >= 0.3 is 0 Å². The van der Waals surface area contributed by atoms with Gasteiger partial charge in [0.1, 0.15) is 5.75 Å². The Morgan fingerprint density at radius 3 is 2.80 bits per heavy atom. The molecule has 0 bridgehead atoms. The summed E-state index contributed by atoms with van der Waals surface area (Å²) in [6.45, 7) is 4.77. The van der Waals surface area contributed by atoms with Crippen molar-refractivity contribution in [2.24, 2.45) is 5.73 Å². The molecule has 0 aliphatic heterocycles. The third kappa shape index (κ3) is 4.28. The summed E-state index contributed by atoms with van der Waals surface area (Å²) < 4.78 is 5.71. The first-order valence-electron chi connectivity index (χ1n) is 6.91. The molecule has 0 radical (unpaired) electrons. The van der Waals surface area contributed by atoms with Gasteiger partial charge in [0.2, 0.25) is 0 Å². The van der Waals surface area contributed by atoms with E-state index in [2.05, 4.69) is 16.9 Å². The van der Waals surface area contributed by atoms with Gasteiger partial charge in [0, 0.05) is 29.5 Å². The van der Waals surface area contributed by atoms with E-state index < -0.39 is 0 Å². The van der Waals surface area contributed by atoms with Crippen molar-refractivity contribution >= 4 is 11.3 Å². The Kier molecular flexibility index (Phi) is 5.49. The molecule has 4 nitrogen and oxygen atoms in total. The van der Waals surface area contributed by atoms with E-state index in [1.165, 1.54) is 4.88 Å². The summed E-state index contributed by atoms with van der Waals surface area (Å²) in [6, 6.07) is 4.14. The van der Waals surface area contributed by atoms with Crippen LogP contribution < -0.4 is 10.5 Å². The number of aryl methyl sites for hydroxylation is 1. The van der Waals surface area contributed by atoms with E-state index in [0.29, 0.717) is 6.61 Å². The van der Waals surface area contributed by atoms with Crippen LogP contribution in [0, 0.1) is 6.92 Å². The van der Waals surface area contributed by atoms with Gasteiger partial charge in [0.15, 0.2) is 0 Å². The zero-order chi connectivity index (χ0) is 14.4. The fraction of sp³-hybridized carbons (Fsp3) is 0.467. The van der Waals surface area contributed by atoms with Crippen molar-refractivity contribution in [1.29, 1.82) is 0 Å². The third-order valence-corrected chi connectivity index (χ3v) is 4.23. The third-order valence-electron chi connectivity index (χ3n) is 3.24. The van der Waals surface area contributed by atoms with Crippen LogP contribution in [0.25, 0.3) is 0 Å². The molecule has 0 aromatic carbocycles. The molecule has 2 rings (SSSR count). The van der Waals surface area contributed by atoms with Crippen LogP contribution in [0.2, 0.25) is 0 Å². The lowest BCUT2D eigenvalue weighted by molar-refractivity contribution is 0.321. The number of rotatable bonds is 7. The van der Waals surface area contributed by atoms with Gasteiger partial charge in [-0.05, 0) is 25.5 Å².